The maximum Gasteiger partial charge on any atom is 0.0558 e. The molecule has 0 amide bonds. The van der Waals surface area contributed by atoms with Crippen LogP contribution in [0.25, 0.3) is 0 Å². The first-order valence-electron chi connectivity index (χ1n) is 4.47. The molecular weight excluding hydrogens is 244 g/mol. The van der Waals surface area contributed by atoms with Crippen molar-refractivity contribution in [1.29, 1.82) is 0 Å². The molecule has 1 aromatic carbocycles. The lowest BCUT2D eigenvalue weighted by atomic mass is 10.2. The Morgan fingerprint density at radius 3 is 2.79 bits per heavy atom. The molecule has 0 heterocycles. The number of nitrogens with zero attached hydrogens (tertiary/aromatic N) is 1. The first-order valence-corrected chi connectivity index (χ1v) is 5.26. The Bertz CT molecular complexity index is 284. The number of anilines is 1. The molecule has 0 saturated carbocycles. The minimum atomic E-state index is 0.168. The van der Waals surface area contributed by atoms with Gasteiger partial charge < -0.3 is 10.8 Å². The number of nitrogen functional groups attached to an aromatic ring is 1. The van der Waals surface area contributed by atoms with Crippen LogP contribution in [0.4, 0.5) is 5.69 Å². The highest BCUT2D eigenvalue weighted by Crippen LogP contribution is 2.23. The van der Waals surface area contributed by atoms with E-state index in [0.717, 1.165) is 22.3 Å². The van der Waals surface area contributed by atoms with Gasteiger partial charge in [0.2, 0.25) is 0 Å². The normalized spacial score (nSPS) is 10.9. The van der Waals surface area contributed by atoms with Gasteiger partial charge in [-0.3, -0.25) is 4.90 Å². The second-order valence-corrected chi connectivity index (χ2v) is 4.12. The molecule has 0 aliphatic heterocycles. The number of halogens is 1. The van der Waals surface area contributed by atoms with E-state index in [1.54, 1.807) is 0 Å². The fraction of sp³-hybridized carbons (Fsp3) is 0.400. The van der Waals surface area contributed by atoms with Gasteiger partial charge in [-0.15, -0.1) is 0 Å². The number of aliphatic hydroxyl groups excluding tert-OH is 1. The van der Waals surface area contributed by atoms with Crippen LogP contribution in [0.1, 0.15) is 5.56 Å². The van der Waals surface area contributed by atoms with E-state index in [0.29, 0.717) is 6.54 Å². The molecule has 4 heteroatoms. The molecule has 14 heavy (non-hydrogen) atoms. The van der Waals surface area contributed by atoms with Crippen molar-refractivity contribution in [1.82, 2.24) is 4.90 Å². The Morgan fingerprint density at radius 2 is 2.21 bits per heavy atom. The minimum absolute atomic E-state index is 0.168. The molecule has 0 radical (unpaired) electrons. The summed E-state index contributed by atoms with van der Waals surface area (Å²) >= 11 is 3.46. The van der Waals surface area contributed by atoms with E-state index in [4.69, 9.17) is 10.8 Å². The molecule has 3 nitrogen and oxygen atoms in total. The zero-order chi connectivity index (χ0) is 10.6. The molecule has 0 fully saturated rings. The number of hydrogen-bond donors (Lipinski definition) is 2. The molecule has 0 aliphatic rings. The van der Waals surface area contributed by atoms with Crippen LogP contribution in [-0.2, 0) is 6.54 Å². The number of benzene rings is 1. The van der Waals surface area contributed by atoms with Crippen LogP contribution in [-0.4, -0.2) is 30.2 Å². The van der Waals surface area contributed by atoms with Crippen LogP contribution in [0.3, 0.4) is 0 Å². The summed E-state index contributed by atoms with van der Waals surface area (Å²) in [4.78, 5) is 2.02. The van der Waals surface area contributed by atoms with Gasteiger partial charge in [0.1, 0.15) is 0 Å². The van der Waals surface area contributed by atoms with Crippen LogP contribution in [0, 0.1) is 0 Å². The highest BCUT2D eigenvalue weighted by molar-refractivity contribution is 9.10. The van der Waals surface area contributed by atoms with Gasteiger partial charge in [-0.1, -0.05) is 22.0 Å². The lowest BCUT2D eigenvalue weighted by Crippen LogP contribution is -2.22. The molecular formula is C10H15BrN2O. The van der Waals surface area contributed by atoms with Crippen LogP contribution in [0.15, 0.2) is 22.7 Å². The van der Waals surface area contributed by atoms with Crippen molar-refractivity contribution in [3.63, 3.8) is 0 Å². The van der Waals surface area contributed by atoms with E-state index in [1.165, 1.54) is 0 Å². The second-order valence-electron chi connectivity index (χ2n) is 3.27. The summed E-state index contributed by atoms with van der Waals surface area (Å²) in [5.74, 6) is 0. The lowest BCUT2D eigenvalue weighted by Gasteiger charge is -2.17. The van der Waals surface area contributed by atoms with Gasteiger partial charge >= 0.3 is 0 Å². The molecule has 1 aromatic rings. The molecule has 0 aliphatic carbocycles. The quantitative estimate of drug-likeness (QED) is 0.805. The van der Waals surface area contributed by atoms with Crippen molar-refractivity contribution < 1.29 is 5.11 Å². The average molecular weight is 259 g/mol. The molecule has 3 N–H and O–H groups in total. The van der Waals surface area contributed by atoms with Crippen LogP contribution in [0.5, 0.6) is 0 Å². The lowest BCUT2D eigenvalue weighted by molar-refractivity contribution is 0.217. The number of likely N-dealkylation sites (N-methyl/N-ethyl adjacent to an activating group) is 1. The van der Waals surface area contributed by atoms with Gasteiger partial charge in [0.05, 0.1) is 6.61 Å². The van der Waals surface area contributed by atoms with Gasteiger partial charge in [-0.2, -0.15) is 0 Å². The Hall–Kier alpha value is -0.580. The highest BCUT2D eigenvalue weighted by atomic mass is 79.9. The molecule has 0 bridgehead atoms. The standard InChI is InChI=1S/C10H15BrN2O/c1-13(5-6-14)7-8-9(11)3-2-4-10(8)12/h2-4,14H,5-7,12H2,1H3. The Labute approximate surface area is 92.7 Å². The summed E-state index contributed by atoms with van der Waals surface area (Å²) in [6.45, 7) is 1.56. The molecule has 0 unspecified atom stereocenters. The number of hydrogen-bond acceptors (Lipinski definition) is 3. The third-order valence-corrected chi connectivity index (χ3v) is 2.81. The molecule has 1 rings (SSSR count). The van der Waals surface area contributed by atoms with Crippen molar-refractivity contribution in [3.05, 3.63) is 28.2 Å². The van der Waals surface area contributed by atoms with Crippen molar-refractivity contribution in [2.45, 2.75) is 6.54 Å². The minimum Gasteiger partial charge on any atom is -0.398 e. The van der Waals surface area contributed by atoms with Crippen LogP contribution in [0.2, 0.25) is 0 Å². The van der Waals surface area contributed by atoms with Crippen molar-refractivity contribution >= 4 is 21.6 Å². The Balaban J connectivity index is 2.75. The first kappa shape index (κ1) is 11.5. The molecule has 78 valence electrons. The van der Waals surface area contributed by atoms with E-state index in [-0.39, 0.29) is 6.61 Å². The van der Waals surface area contributed by atoms with E-state index < -0.39 is 0 Å². The third-order valence-electron chi connectivity index (χ3n) is 2.06. The van der Waals surface area contributed by atoms with E-state index in [9.17, 15) is 0 Å². The Kier molecular flexibility index (Phi) is 4.38. The van der Waals surface area contributed by atoms with Crippen molar-refractivity contribution in [3.8, 4) is 0 Å². The zero-order valence-corrected chi connectivity index (χ0v) is 9.79. The SMILES string of the molecule is CN(CCO)Cc1c(N)cccc1Br. The fourth-order valence-electron chi connectivity index (χ4n) is 1.26. The van der Waals surface area contributed by atoms with E-state index in [2.05, 4.69) is 15.9 Å². The maximum atomic E-state index is 8.77. The first-order chi connectivity index (χ1) is 6.65. The predicted octanol–water partition coefficient (Wildman–Crippen LogP) is 1.46. The fourth-order valence-corrected chi connectivity index (χ4v) is 1.77. The number of nitrogens with two attached hydrogens (primary N) is 1. The molecule has 0 spiro atoms. The Morgan fingerprint density at radius 1 is 1.50 bits per heavy atom. The topological polar surface area (TPSA) is 49.5 Å². The average Bonchev–Trinajstić information content (AvgIpc) is 2.12. The number of aliphatic hydroxyl groups is 1. The van der Waals surface area contributed by atoms with Gasteiger partial charge in [0, 0.05) is 28.8 Å². The van der Waals surface area contributed by atoms with Gasteiger partial charge in [0.25, 0.3) is 0 Å². The van der Waals surface area contributed by atoms with E-state index >= 15 is 0 Å². The van der Waals surface area contributed by atoms with Crippen molar-refractivity contribution in [2.24, 2.45) is 0 Å². The molecule has 0 aromatic heterocycles. The monoisotopic (exact) mass is 258 g/mol. The summed E-state index contributed by atoms with van der Waals surface area (Å²) in [5, 5.41) is 8.77. The van der Waals surface area contributed by atoms with Gasteiger partial charge in [-0.05, 0) is 19.2 Å². The van der Waals surface area contributed by atoms with Gasteiger partial charge in [0.15, 0.2) is 0 Å². The van der Waals surface area contributed by atoms with Gasteiger partial charge in [-0.25, -0.2) is 0 Å². The summed E-state index contributed by atoms with van der Waals surface area (Å²) in [5.41, 5.74) is 7.70. The number of rotatable bonds is 4. The summed E-state index contributed by atoms with van der Waals surface area (Å²) < 4.78 is 1.02. The van der Waals surface area contributed by atoms with E-state index in [1.807, 2.05) is 30.1 Å². The molecule has 0 atom stereocenters. The van der Waals surface area contributed by atoms with Crippen LogP contribution >= 0.6 is 15.9 Å². The van der Waals surface area contributed by atoms with Crippen LogP contribution < -0.4 is 5.73 Å². The summed E-state index contributed by atoms with van der Waals surface area (Å²) in [6, 6.07) is 5.76. The summed E-state index contributed by atoms with van der Waals surface area (Å²) in [7, 11) is 1.95. The third kappa shape index (κ3) is 2.97. The smallest absolute Gasteiger partial charge is 0.0558 e. The predicted molar refractivity (Wildman–Crippen MR) is 62.0 cm³/mol. The molecule has 0 saturated heterocycles. The maximum absolute atomic E-state index is 8.77. The summed E-state index contributed by atoms with van der Waals surface area (Å²) in [6.07, 6.45) is 0. The largest absolute Gasteiger partial charge is 0.398 e. The second kappa shape index (κ2) is 5.34. The highest BCUT2D eigenvalue weighted by Gasteiger charge is 2.06. The van der Waals surface area contributed by atoms with Crippen molar-refractivity contribution in [2.75, 3.05) is 25.9 Å². The zero-order valence-electron chi connectivity index (χ0n) is 8.20.